The van der Waals surface area contributed by atoms with Gasteiger partial charge in [-0.3, -0.25) is 0 Å². The summed E-state index contributed by atoms with van der Waals surface area (Å²) >= 11 is 1.78. The highest BCUT2D eigenvalue weighted by Gasteiger charge is 2.21. The number of rotatable bonds is 2. The summed E-state index contributed by atoms with van der Waals surface area (Å²) in [5.74, 6) is 0. The minimum absolute atomic E-state index is 0.940. The van der Waals surface area contributed by atoms with Crippen LogP contribution in [0.3, 0.4) is 0 Å². The molecule has 9 rings (SSSR count). The van der Waals surface area contributed by atoms with Gasteiger partial charge in [-0.15, -0.1) is 11.3 Å². The van der Waals surface area contributed by atoms with E-state index in [1.807, 2.05) is 6.07 Å². The Labute approximate surface area is 234 Å². The summed E-state index contributed by atoms with van der Waals surface area (Å²) in [5.41, 5.74) is 7.05. The molecule has 186 valence electrons. The minimum Gasteiger partial charge on any atom is -0.455 e. The van der Waals surface area contributed by atoms with Crippen LogP contribution in [0, 0.1) is 0 Å². The maximum absolute atomic E-state index is 6.42. The minimum atomic E-state index is 0.940. The predicted octanol–water partition coefficient (Wildman–Crippen LogP) is 11.6. The molecule has 0 amide bonds. The van der Waals surface area contributed by atoms with E-state index in [1.54, 1.807) is 11.3 Å². The number of thiophene rings is 1. The van der Waals surface area contributed by atoms with E-state index in [0.29, 0.717) is 0 Å². The first kappa shape index (κ1) is 22.0. The SMILES string of the molecule is c1ccc2c(-c3c4ccccc4c(-c4csc5c4ccc4c6ccccc6oc45)c4ccccc34)cccc2c1. The number of hydrogen-bond acceptors (Lipinski definition) is 2. The maximum atomic E-state index is 6.42. The lowest BCUT2D eigenvalue weighted by Crippen LogP contribution is -1.91. The molecule has 2 aromatic heterocycles. The highest BCUT2D eigenvalue weighted by molar-refractivity contribution is 7.18. The lowest BCUT2D eigenvalue weighted by molar-refractivity contribution is 0.673. The highest BCUT2D eigenvalue weighted by atomic mass is 32.1. The van der Waals surface area contributed by atoms with Gasteiger partial charge in [-0.25, -0.2) is 0 Å². The van der Waals surface area contributed by atoms with Crippen molar-refractivity contribution in [1.82, 2.24) is 0 Å². The molecule has 0 spiro atoms. The third kappa shape index (κ3) is 2.97. The van der Waals surface area contributed by atoms with Crippen LogP contribution in [0.25, 0.3) is 86.6 Å². The van der Waals surface area contributed by atoms with Gasteiger partial charge < -0.3 is 4.42 Å². The van der Waals surface area contributed by atoms with Crippen LogP contribution in [-0.2, 0) is 0 Å². The van der Waals surface area contributed by atoms with E-state index in [-0.39, 0.29) is 0 Å². The third-order valence-corrected chi connectivity index (χ3v) is 9.34. The molecule has 9 aromatic rings. The van der Waals surface area contributed by atoms with E-state index in [0.717, 1.165) is 11.2 Å². The average molecular weight is 527 g/mol. The fourth-order valence-corrected chi connectivity index (χ4v) is 7.66. The van der Waals surface area contributed by atoms with Crippen molar-refractivity contribution in [3.05, 3.63) is 133 Å². The maximum Gasteiger partial charge on any atom is 0.153 e. The van der Waals surface area contributed by atoms with Crippen LogP contribution in [-0.4, -0.2) is 0 Å². The van der Waals surface area contributed by atoms with E-state index >= 15 is 0 Å². The fourth-order valence-electron chi connectivity index (χ4n) is 6.62. The van der Waals surface area contributed by atoms with Crippen LogP contribution in [0.5, 0.6) is 0 Å². The Bertz CT molecular complexity index is 2380. The second-order valence-electron chi connectivity index (χ2n) is 10.4. The van der Waals surface area contributed by atoms with Crippen molar-refractivity contribution >= 4 is 75.7 Å². The van der Waals surface area contributed by atoms with Gasteiger partial charge in [-0.05, 0) is 66.5 Å². The summed E-state index contributed by atoms with van der Waals surface area (Å²) in [6.45, 7) is 0. The van der Waals surface area contributed by atoms with Crippen LogP contribution >= 0.6 is 11.3 Å². The Morgan fingerprint density at radius 1 is 0.400 bits per heavy atom. The zero-order chi connectivity index (χ0) is 26.2. The van der Waals surface area contributed by atoms with E-state index in [2.05, 4.69) is 127 Å². The molecule has 0 aliphatic heterocycles. The molecular weight excluding hydrogens is 504 g/mol. The topological polar surface area (TPSA) is 13.1 Å². The average Bonchev–Trinajstić information content (AvgIpc) is 3.61. The normalized spacial score (nSPS) is 12.0. The van der Waals surface area contributed by atoms with Crippen molar-refractivity contribution in [1.29, 1.82) is 0 Å². The van der Waals surface area contributed by atoms with Gasteiger partial charge in [0, 0.05) is 21.7 Å². The number of furan rings is 1. The second kappa shape index (κ2) is 8.29. The van der Waals surface area contributed by atoms with Crippen LogP contribution in [0.2, 0.25) is 0 Å². The molecule has 0 atom stereocenters. The van der Waals surface area contributed by atoms with Crippen molar-refractivity contribution in [3.63, 3.8) is 0 Å². The summed E-state index contributed by atoms with van der Waals surface area (Å²) in [6, 6.07) is 46.0. The van der Waals surface area contributed by atoms with Crippen molar-refractivity contribution in [2.45, 2.75) is 0 Å². The number of fused-ring (bicyclic) bond motifs is 8. The lowest BCUT2D eigenvalue weighted by atomic mass is 9.84. The molecule has 0 saturated carbocycles. The van der Waals surface area contributed by atoms with E-state index in [1.165, 1.54) is 75.4 Å². The largest absolute Gasteiger partial charge is 0.455 e. The molecule has 1 nitrogen and oxygen atoms in total. The van der Waals surface area contributed by atoms with Gasteiger partial charge in [-0.1, -0.05) is 115 Å². The molecule has 2 heteroatoms. The van der Waals surface area contributed by atoms with E-state index in [4.69, 9.17) is 4.42 Å². The Balaban J connectivity index is 1.42. The Morgan fingerprint density at radius 3 is 1.68 bits per heavy atom. The standard InChI is InChI=1S/C38H22OS/c1-2-12-24-23(10-1)11-9-18-26(24)35-27-14-3-5-16-29(27)36(30-17-6-4-15-28(30)35)33-22-40-38-32(33)21-20-31-25-13-7-8-19-34(25)39-37(31)38/h1-22H. The Morgan fingerprint density at radius 2 is 0.950 bits per heavy atom. The zero-order valence-corrected chi connectivity index (χ0v) is 22.3. The van der Waals surface area contributed by atoms with Gasteiger partial charge >= 0.3 is 0 Å². The van der Waals surface area contributed by atoms with Crippen LogP contribution in [0.1, 0.15) is 0 Å². The van der Waals surface area contributed by atoms with Gasteiger partial charge in [0.15, 0.2) is 5.58 Å². The van der Waals surface area contributed by atoms with Crippen LogP contribution < -0.4 is 0 Å². The summed E-state index contributed by atoms with van der Waals surface area (Å²) in [5, 5.41) is 13.5. The number of benzene rings is 7. The first-order chi connectivity index (χ1) is 19.9. The predicted molar refractivity (Wildman–Crippen MR) is 172 cm³/mol. The molecule has 0 bridgehead atoms. The second-order valence-corrected chi connectivity index (χ2v) is 11.3. The summed E-state index contributed by atoms with van der Waals surface area (Å²) in [4.78, 5) is 0. The monoisotopic (exact) mass is 526 g/mol. The van der Waals surface area contributed by atoms with Gasteiger partial charge in [0.25, 0.3) is 0 Å². The summed E-state index contributed by atoms with van der Waals surface area (Å²) in [6.07, 6.45) is 0. The highest BCUT2D eigenvalue weighted by Crippen LogP contribution is 2.49. The van der Waals surface area contributed by atoms with Crippen molar-refractivity contribution in [2.24, 2.45) is 0 Å². The first-order valence-electron chi connectivity index (χ1n) is 13.6. The molecule has 0 aliphatic carbocycles. The van der Waals surface area contributed by atoms with Crippen molar-refractivity contribution in [3.8, 4) is 22.3 Å². The molecular formula is C38H22OS. The third-order valence-electron chi connectivity index (χ3n) is 8.35. The smallest absolute Gasteiger partial charge is 0.153 e. The van der Waals surface area contributed by atoms with Gasteiger partial charge in [0.1, 0.15) is 5.58 Å². The Kier molecular flexibility index (Phi) is 4.55. The number of hydrogen-bond donors (Lipinski definition) is 0. The van der Waals surface area contributed by atoms with Crippen LogP contribution in [0.15, 0.2) is 137 Å². The molecule has 2 heterocycles. The quantitative estimate of drug-likeness (QED) is 0.204. The van der Waals surface area contributed by atoms with Crippen molar-refractivity contribution in [2.75, 3.05) is 0 Å². The van der Waals surface area contributed by atoms with Gasteiger partial charge in [0.2, 0.25) is 0 Å². The Hall–Kier alpha value is -4.92. The molecule has 40 heavy (non-hydrogen) atoms. The fraction of sp³-hybridized carbons (Fsp3) is 0. The molecule has 0 saturated heterocycles. The molecule has 0 aliphatic rings. The summed E-state index contributed by atoms with van der Waals surface area (Å²) < 4.78 is 7.62. The molecule has 0 N–H and O–H groups in total. The van der Waals surface area contributed by atoms with E-state index in [9.17, 15) is 0 Å². The van der Waals surface area contributed by atoms with Crippen LogP contribution in [0.4, 0.5) is 0 Å². The van der Waals surface area contributed by atoms with E-state index < -0.39 is 0 Å². The molecule has 0 unspecified atom stereocenters. The van der Waals surface area contributed by atoms with Gasteiger partial charge in [-0.2, -0.15) is 0 Å². The molecule has 7 aromatic carbocycles. The molecule has 0 fully saturated rings. The summed E-state index contributed by atoms with van der Waals surface area (Å²) in [7, 11) is 0. The first-order valence-corrected chi connectivity index (χ1v) is 14.5. The molecule has 0 radical (unpaired) electrons. The van der Waals surface area contributed by atoms with Gasteiger partial charge in [0.05, 0.1) is 4.70 Å². The lowest BCUT2D eigenvalue weighted by Gasteiger charge is -2.18. The zero-order valence-electron chi connectivity index (χ0n) is 21.5. The van der Waals surface area contributed by atoms with Crippen molar-refractivity contribution < 1.29 is 4.42 Å². The number of para-hydroxylation sites is 1.